The zero-order chi connectivity index (χ0) is 30.1. The maximum Gasteiger partial charge on any atom is 0.197 e. The Hall–Kier alpha value is -2.93. The molecule has 132 valence electrons. The number of pyridine rings is 1. The third-order valence-corrected chi connectivity index (χ3v) is 4.29. The molecule has 1 aromatic carbocycles. The third kappa shape index (κ3) is 3.01. The lowest BCUT2D eigenvalue weighted by Gasteiger charge is -2.08. The van der Waals surface area contributed by atoms with Gasteiger partial charge in [-0.3, -0.25) is 9.19 Å². The van der Waals surface area contributed by atoms with Gasteiger partial charge in [-0.25, -0.2) is 4.98 Å². The van der Waals surface area contributed by atoms with Crippen molar-refractivity contribution in [2.75, 3.05) is 7.04 Å². The van der Waals surface area contributed by atoms with Crippen LogP contribution in [0.25, 0.3) is 16.7 Å². The number of aromatic nitrogens is 4. The summed E-state index contributed by atoms with van der Waals surface area (Å²) in [5.41, 5.74) is -4.93. The van der Waals surface area contributed by atoms with Crippen LogP contribution in [-0.2, 0) is 16.5 Å². The standard InChI is InChI=1S/C19H18N4O2S/c1-13-17(20-8-7-18(13)25-2)12-26(24)19-21-15-6-5-14(11-16(15)22-19)23-9-3-4-10-23/h3-11H,12H2,1-2H3,(H,21,22)/i1D3,2D3,3D,4D,7D,8D,9D,10D,12D2. The number of imidazole rings is 1. The van der Waals surface area contributed by atoms with E-state index in [9.17, 15) is 4.21 Å². The van der Waals surface area contributed by atoms with Gasteiger partial charge >= 0.3 is 0 Å². The van der Waals surface area contributed by atoms with E-state index in [0.717, 1.165) is 4.57 Å². The number of aromatic amines is 1. The summed E-state index contributed by atoms with van der Waals surface area (Å²) in [5, 5.41) is -0.498. The summed E-state index contributed by atoms with van der Waals surface area (Å²) in [6.07, 6.45) is -1.85. The van der Waals surface area contributed by atoms with Crippen LogP contribution in [0.3, 0.4) is 0 Å². The number of rotatable bonds is 5. The van der Waals surface area contributed by atoms with Crippen LogP contribution < -0.4 is 4.74 Å². The lowest BCUT2D eigenvalue weighted by atomic mass is 10.2. The maximum absolute atomic E-state index is 13.5. The molecule has 3 aromatic heterocycles. The van der Waals surface area contributed by atoms with E-state index in [1.54, 1.807) is 0 Å². The minimum Gasteiger partial charge on any atom is -0.496 e. The Morgan fingerprint density at radius 3 is 3.12 bits per heavy atom. The van der Waals surface area contributed by atoms with E-state index in [0.29, 0.717) is 0 Å². The molecule has 0 saturated heterocycles. The molecule has 7 heteroatoms. The summed E-state index contributed by atoms with van der Waals surface area (Å²) in [6.45, 7) is -3.29. The Kier molecular flexibility index (Phi) is 1.82. The second kappa shape index (κ2) is 6.76. The molecule has 0 radical (unpaired) electrons. The van der Waals surface area contributed by atoms with Crippen molar-refractivity contribution in [2.45, 2.75) is 17.7 Å². The molecule has 0 bridgehead atoms. The first-order valence-corrected chi connectivity index (χ1v) is 8.19. The number of H-pyrrole nitrogens is 1. The molecular weight excluding hydrogens is 348 g/mol. The number of hydrogen-bond donors (Lipinski definition) is 1. The van der Waals surface area contributed by atoms with E-state index < -0.39 is 89.2 Å². The third-order valence-electron chi connectivity index (χ3n) is 3.37. The largest absolute Gasteiger partial charge is 0.496 e. The van der Waals surface area contributed by atoms with Crippen LogP contribution in [0.15, 0.2) is 60.0 Å². The fourth-order valence-electron chi connectivity index (χ4n) is 2.17. The lowest BCUT2D eigenvalue weighted by Crippen LogP contribution is -2.03. The minimum atomic E-state index is -3.29. The van der Waals surface area contributed by atoms with Crippen molar-refractivity contribution in [3.8, 4) is 11.4 Å². The molecule has 0 aliphatic rings. The summed E-state index contributed by atoms with van der Waals surface area (Å²) in [4.78, 5) is 10.2. The summed E-state index contributed by atoms with van der Waals surface area (Å²) in [6, 6.07) is 2.22. The predicted molar refractivity (Wildman–Crippen MR) is 101 cm³/mol. The number of ether oxygens (including phenoxy) is 1. The topological polar surface area (TPSA) is 72.8 Å². The van der Waals surface area contributed by atoms with Gasteiger partial charge in [0.25, 0.3) is 0 Å². The highest BCUT2D eigenvalue weighted by atomic mass is 32.2. The average Bonchev–Trinajstić information content (AvgIpc) is 3.34. The number of nitrogens with zero attached hydrogens (tertiary/aromatic N) is 3. The van der Waals surface area contributed by atoms with Crippen molar-refractivity contribution in [3.05, 3.63) is 66.1 Å². The fourth-order valence-corrected chi connectivity index (χ4v) is 2.98. The first-order chi connectivity index (χ1) is 18.3. The number of benzene rings is 1. The zero-order valence-electron chi connectivity index (χ0n) is 26.8. The smallest absolute Gasteiger partial charge is 0.197 e. The van der Waals surface area contributed by atoms with Crippen molar-refractivity contribution in [1.29, 1.82) is 0 Å². The van der Waals surface area contributed by atoms with E-state index in [1.807, 2.05) is 0 Å². The fraction of sp³-hybridized carbons (Fsp3) is 0.158. The van der Waals surface area contributed by atoms with Crippen LogP contribution in [0.1, 0.15) is 30.4 Å². The lowest BCUT2D eigenvalue weighted by molar-refractivity contribution is 0.410. The van der Waals surface area contributed by atoms with Gasteiger partial charge in [-0.2, -0.15) is 0 Å². The highest BCUT2D eigenvalue weighted by Gasteiger charge is 2.15. The summed E-state index contributed by atoms with van der Waals surface area (Å²) in [5.74, 6) is -1.11. The molecule has 0 saturated carbocycles. The SMILES string of the molecule is [2H]c1nc(C([2H])([2H])S(=O)c2nc3ccc(-n4c([2H])c([2H])c([2H])c4[2H])cc3[nH]2)c(C([2H])([2H])[2H])c(OC([2H])([2H])[2H])c1[2H]. The second-order valence-electron chi connectivity index (χ2n) is 4.93. The van der Waals surface area contributed by atoms with Crippen molar-refractivity contribution >= 4 is 21.8 Å². The van der Waals surface area contributed by atoms with E-state index >= 15 is 0 Å². The molecule has 1 unspecified atom stereocenters. The number of fused-ring (bicyclic) bond motifs is 1. The molecular formula is C19H18N4O2S. The van der Waals surface area contributed by atoms with Gasteiger partial charge in [0.05, 0.1) is 52.6 Å². The van der Waals surface area contributed by atoms with Gasteiger partial charge in [0, 0.05) is 36.6 Å². The average molecular weight is 381 g/mol. The number of hydrogen-bond acceptors (Lipinski definition) is 4. The van der Waals surface area contributed by atoms with E-state index in [1.165, 1.54) is 18.2 Å². The first kappa shape index (κ1) is 7.00. The van der Waals surface area contributed by atoms with Crippen LogP contribution in [0, 0.1) is 6.85 Å². The summed E-state index contributed by atoms with van der Waals surface area (Å²) in [7, 11) is -6.12. The molecule has 0 aliphatic carbocycles. The Balaban J connectivity index is 1.85. The molecule has 1 N–H and O–H groups in total. The summed E-state index contributed by atoms with van der Waals surface area (Å²) < 4.78 is 129. The number of methoxy groups -OCH3 is 1. The van der Waals surface area contributed by atoms with E-state index in [-0.39, 0.29) is 16.7 Å². The van der Waals surface area contributed by atoms with Gasteiger partial charge in [-0.05, 0) is 43.2 Å². The van der Waals surface area contributed by atoms with Crippen LogP contribution in [0.5, 0.6) is 5.75 Å². The van der Waals surface area contributed by atoms with Gasteiger partial charge in [-0.15, -0.1) is 0 Å². The van der Waals surface area contributed by atoms with E-state index in [4.69, 9.17) is 19.2 Å². The second-order valence-corrected chi connectivity index (χ2v) is 6.05. The van der Waals surface area contributed by atoms with E-state index in [2.05, 4.69) is 19.7 Å². The quantitative estimate of drug-likeness (QED) is 0.576. The zero-order valence-corrected chi connectivity index (χ0v) is 13.6. The van der Waals surface area contributed by atoms with Crippen molar-refractivity contribution in [1.82, 2.24) is 19.5 Å². The molecule has 4 rings (SSSR count). The highest BCUT2D eigenvalue weighted by molar-refractivity contribution is 7.84. The Bertz CT molecular complexity index is 1650. The van der Waals surface area contributed by atoms with Crippen LogP contribution in [0.4, 0.5) is 0 Å². The molecule has 3 heterocycles. The van der Waals surface area contributed by atoms with Gasteiger partial charge in [0.15, 0.2) is 5.16 Å². The molecule has 0 spiro atoms. The van der Waals surface area contributed by atoms with Crippen LogP contribution in [-0.4, -0.2) is 30.8 Å². The Morgan fingerprint density at radius 2 is 2.31 bits per heavy atom. The van der Waals surface area contributed by atoms with Crippen molar-refractivity contribution < 1.29 is 28.1 Å². The monoisotopic (exact) mass is 380 g/mol. The molecule has 26 heavy (non-hydrogen) atoms. The Labute approximate surface area is 173 Å². The molecule has 4 aromatic rings. The number of nitrogens with one attached hydrogen (secondary N) is 1. The van der Waals surface area contributed by atoms with Gasteiger partial charge in [0.2, 0.25) is 0 Å². The summed E-state index contributed by atoms with van der Waals surface area (Å²) >= 11 is 0. The molecule has 6 nitrogen and oxygen atoms in total. The molecule has 1 atom stereocenters. The molecule has 0 fully saturated rings. The van der Waals surface area contributed by atoms with Gasteiger partial charge in [-0.1, -0.05) is 0 Å². The predicted octanol–water partition coefficient (Wildman–Crippen LogP) is 3.37. The van der Waals surface area contributed by atoms with Crippen LogP contribution >= 0.6 is 0 Å². The first-order valence-electron chi connectivity index (χ1n) is 14.0. The highest BCUT2D eigenvalue weighted by Crippen LogP contribution is 2.22. The minimum absolute atomic E-state index is 0.153. The van der Waals surface area contributed by atoms with Gasteiger partial charge < -0.3 is 14.3 Å². The Morgan fingerprint density at radius 1 is 1.42 bits per heavy atom. The maximum atomic E-state index is 13.5. The molecule has 0 amide bonds. The normalized spacial score (nSPS) is 21.7. The van der Waals surface area contributed by atoms with Crippen molar-refractivity contribution in [3.63, 3.8) is 0 Å². The van der Waals surface area contributed by atoms with Crippen LogP contribution in [0.2, 0.25) is 0 Å². The van der Waals surface area contributed by atoms with Crippen molar-refractivity contribution in [2.24, 2.45) is 0 Å². The van der Waals surface area contributed by atoms with Gasteiger partial charge in [0.1, 0.15) is 5.75 Å². The molecule has 0 aliphatic heterocycles.